The number of aromatic hydroxyl groups is 2. The first-order valence-electron chi connectivity index (χ1n) is 7.09. The van der Waals surface area contributed by atoms with Gasteiger partial charge in [0.1, 0.15) is 28.5 Å². The monoisotopic (exact) mass is 378 g/mol. The Morgan fingerprint density at radius 3 is 2.52 bits per heavy atom. The number of aryl methyl sites for hydroxylation is 1. The number of hydrogen-bond acceptors (Lipinski definition) is 5. The Bertz CT molecular complexity index is 752. The Labute approximate surface area is 143 Å². The molecule has 23 heavy (non-hydrogen) atoms. The molecule has 5 nitrogen and oxygen atoms in total. The Morgan fingerprint density at radius 2 is 1.91 bits per heavy atom. The van der Waals surface area contributed by atoms with Crippen LogP contribution in [0.2, 0.25) is 0 Å². The predicted octanol–water partition coefficient (Wildman–Crippen LogP) is 4.13. The lowest BCUT2D eigenvalue weighted by molar-refractivity contribution is 0.00109. The van der Waals surface area contributed by atoms with Crippen LogP contribution in [0.5, 0.6) is 11.5 Å². The molecule has 2 rings (SSSR count). The van der Waals surface area contributed by atoms with Gasteiger partial charge in [-0.15, -0.1) is 0 Å². The first kappa shape index (κ1) is 17.3. The minimum absolute atomic E-state index is 0.0343. The number of oxime groups is 1. The maximum Gasteiger partial charge on any atom is 0.143 e. The molecule has 0 amide bonds. The van der Waals surface area contributed by atoms with Gasteiger partial charge in [0, 0.05) is 16.2 Å². The zero-order valence-corrected chi connectivity index (χ0v) is 15.0. The van der Waals surface area contributed by atoms with Crippen molar-refractivity contribution in [2.45, 2.75) is 33.3 Å². The van der Waals surface area contributed by atoms with E-state index >= 15 is 0 Å². The number of nitrogens with zero attached hydrogens (tertiary/aromatic N) is 2. The van der Waals surface area contributed by atoms with E-state index in [1.54, 1.807) is 24.4 Å². The molecule has 1 heterocycles. The molecule has 0 bridgehead atoms. The van der Waals surface area contributed by atoms with Crippen molar-refractivity contribution in [1.29, 1.82) is 0 Å². The van der Waals surface area contributed by atoms with E-state index in [1.165, 1.54) is 6.07 Å². The van der Waals surface area contributed by atoms with E-state index in [4.69, 9.17) is 4.84 Å². The van der Waals surface area contributed by atoms with E-state index in [0.29, 0.717) is 5.56 Å². The van der Waals surface area contributed by atoms with Crippen molar-refractivity contribution in [1.82, 2.24) is 4.98 Å². The van der Waals surface area contributed by atoms with Gasteiger partial charge in [0.25, 0.3) is 0 Å². The second kappa shape index (κ2) is 6.58. The molecule has 0 radical (unpaired) electrons. The lowest BCUT2D eigenvalue weighted by atomic mass is 10.0. The molecule has 0 atom stereocenters. The summed E-state index contributed by atoms with van der Waals surface area (Å²) >= 11 is 3.44. The number of phenols is 1. The summed E-state index contributed by atoms with van der Waals surface area (Å²) in [5.41, 5.74) is 1.28. The largest absolute Gasteiger partial charge is 0.507 e. The summed E-state index contributed by atoms with van der Waals surface area (Å²) in [6.45, 7) is 7.44. The van der Waals surface area contributed by atoms with Gasteiger partial charge in [0.2, 0.25) is 0 Å². The van der Waals surface area contributed by atoms with Crippen molar-refractivity contribution in [3.05, 3.63) is 51.8 Å². The van der Waals surface area contributed by atoms with E-state index in [2.05, 4.69) is 26.1 Å². The van der Waals surface area contributed by atoms with Crippen LogP contribution in [0.25, 0.3) is 0 Å². The number of rotatable bonds is 3. The molecular formula is C17H19BrN2O3. The molecule has 2 N–H and O–H groups in total. The molecule has 0 aliphatic carbocycles. The van der Waals surface area contributed by atoms with Gasteiger partial charge < -0.3 is 15.1 Å². The average Bonchev–Trinajstić information content (AvgIpc) is 2.45. The molecule has 0 saturated heterocycles. The molecule has 6 heteroatoms. The van der Waals surface area contributed by atoms with Gasteiger partial charge in [-0.25, -0.2) is 0 Å². The van der Waals surface area contributed by atoms with E-state index in [9.17, 15) is 10.2 Å². The van der Waals surface area contributed by atoms with E-state index in [1.807, 2.05) is 27.7 Å². The van der Waals surface area contributed by atoms with Crippen LogP contribution in [0.3, 0.4) is 0 Å². The predicted molar refractivity (Wildman–Crippen MR) is 92.9 cm³/mol. The zero-order chi connectivity index (χ0) is 17.2. The minimum atomic E-state index is -0.521. The summed E-state index contributed by atoms with van der Waals surface area (Å²) < 4.78 is 0.809. The third kappa shape index (κ3) is 4.22. The number of hydrogen-bond donors (Lipinski definition) is 2. The van der Waals surface area contributed by atoms with Gasteiger partial charge in [0.05, 0.1) is 0 Å². The maximum atomic E-state index is 10.3. The van der Waals surface area contributed by atoms with Crippen LogP contribution < -0.4 is 0 Å². The molecule has 2 aromatic rings. The third-order valence-corrected chi connectivity index (χ3v) is 3.81. The van der Waals surface area contributed by atoms with Crippen LogP contribution in [-0.4, -0.2) is 26.5 Å². The molecule has 1 aromatic heterocycles. The van der Waals surface area contributed by atoms with E-state index < -0.39 is 5.60 Å². The summed E-state index contributed by atoms with van der Waals surface area (Å²) in [7, 11) is 0. The first-order valence-corrected chi connectivity index (χ1v) is 7.88. The molecular weight excluding hydrogens is 360 g/mol. The Kier molecular flexibility index (Phi) is 4.94. The number of pyridine rings is 1. The summed E-state index contributed by atoms with van der Waals surface area (Å²) in [6, 6.07) is 6.47. The maximum absolute atomic E-state index is 10.3. The highest BCUT2D eigenvalue weighted by atomic mass is 79.9. The van der Waals surface area contributed by atoms with Gasteiger partial charge in [0.15, 0.2) is 0 Å². The number of benzene rings is 1. The fourth-order valence-corrected chi connectivity index (χ4v) is 2.18. The summed E-state index contributed by atoms with van der Waals surface area (Å²) in [4.78, 5) is 9.65. The summed E-state index contributed by atoms with van der Waals surface area (Å²) in [5, 5.41) is 24.5. The molecule has 0 aliphatic heterocycles. The Balaban J connectivity index is 2.64. The number of aromatic nitrogens is 1. The van der Waals surface area contributed by atoms with Crippen LogP contribution in [0.15, 0.2) is 40.1 Å². The second-order valence-corrected chi connectivity index (χ2v) is 6.99. The Morgan fingerprint density at radius 1 is 1.22 bits per heavy atom. The number of halogens is 1. The highest BCUT2D eigenvalue weighted by Gasteiger charge is 2.20. The van der Waals surface area contributed by atoms with Crippen molar-refractivity contribution in [3.8, 4) is 11.5 Å². The van der Waals surface area contributed by atoms with Crippen LogP contribution >= 0.6 is 15.9 Å². The van der Waals surface area contributed by atoms with Crippen molar-refractivity contribution >= 4 is 21.6 Å². The molecule has 122 valence electrons. The fourth-order valence-electron chi connectivity index (χ4n) is 1.84. The quantitative estimate of drug-likeness (QED) is 0.621. The first-order chi connectivity index (χ1) is 10.7. The molecule has 0 saturated carbocycles. The molecule has 1 aromatic carbocycles. The van der Waals surface area contributed by atoms with Crippen molar-refractivity contribution in [3.63, 3.8) is 0 Å². The Hall–Kier alpha value is -2.08. The van der Waals surface area contributed by atoms with Crippen LogP contribution in [-0.2, 0) is 4.84 Å². The van der Waals surface area contributed by atoms with Crippen molar-refractivity contribution in [2.24, 2.45) is 5.16 Å². The van der Waals surface area contributed by atoms with Gasteiger partial charge >= 0.3 is 0 Å². The van der Waals surface area contributed by atoms with E-state index in [0.717, 1.165) is 10.0 Å². The highest BCUT2D eigenvalue weighted by Crippen LogP contribution is 2.30. The third-order valence-electron chi connectivity index (χ3n) is 2.95. The van der Waals surface area contributed by atoms with E-state index in [-0.39, 0.29) is 22.9 Å². The summed E-state index contributed by atoms with van der Waals surface area (Å²) in [5.74, 6) is -0.00753. The lowest BCUT2D eigenvalue weighted by Crippen LogP contribution is -2.18. The normalized spacial score (nSPS) is 12.3. The SMILES string of the molecule is Cc1cc(O)c(/C(=N/OC(C)(C)C)c2ncccc2O)cc1Br. The van der Waals surface area contributed by atoms with Crippen LogP contribution in [0.4, 0.5) is 0 Å². The topological polar surface area (TPSA) is 74.9 Å². The van der Waals surface area contributed by atoms with Gasteiger partial charge in [-0.2, -0.15) is 0 Å². The van der Waals surface area contributed by atoms with Gasteiger partial charge in [-0.05, 0) is 57.5 Å². The van der Waals surface area contributed by atoms with Gasteiger partial charge in [-0.1, -0.05) is 21.1 Å². The lowest BCUT2D eigenvalue weighted by Gasteiger charge is -2.18. The minimum Gasteiger partial charge on any atom is -0.507 e. The fraction of sp³-hybridized carbons (Fsp3) is 0.294. The standard InChI is InChI=1S/C17H19BrN2O3/c1-10-8-14(22)11(9-12(10)18)15(20-23-17(2,3)4)16-13(21)6-5-7-19-16/h5-9,21-22H,1-4H3/b20-15-. The highest BCUT2D eigenvalue weighted by molar-refractivity contribution is 9.10. The molecule has 0 spiro atoms. The smallest absolute Gasteiger partial charge is 0.143 e. The van der Waals surface area contributed by atoms with Crippen molar-refractivity contribution in [2.75, 3.05) is 0 Å². The molecule has 0 unspecified atom stereocenters. The molecule has 0 fully saturated rings. The van der Waals surface area contributed by atoms with Crippen LogP contribution in [0, 0.1) is 6.92 Å². The average molecular weight is 379 g/mol. The summed E-state index contributed by atoms with van der Waals surface area (Å²) in [6.07, 6.45) is 1.54. The van der Waals surface area contributed by atoms with Gasteiger partial charge in [-0.3, -0.25) is 4.98 Å². The van der Waals surface area contributed by atoms with Crippen LogP contribution in [0.1, 0.15) is 37.6 Å². The molecule has 0 aliphatic rings. The zero-order valence-electron chi connectivity index (χ0n) is 13.5. The number of phenolic OH excluding ortho intramolecular Hbond substituents is 1. The second-order valence-electron chi connectivity index (χ2n) is 6.13. The van der Waals surface area contributed by atoms with Crippen molar-refractivity contribution < 1.29 is 15.1 Å².